The van der Waals surface area contributed by atoms with Crippen molar-refractivity contribution in [2.75, 3.05) is 18.4 Å². The van der Waals surface area contributed by atoms with E-state index in [1.54, 1.807) is 19.2 Å². The number of rotatable bonds is 4. The summed E-state index contributed by atoms with van der Waals surface area (Å²) in [6.45, 7) is 3.59. The van der Waals surface area contributed by atoms with E-state index >= 15 is 0 Å². The molecule has 7 nitrogen and oxygen atoms in total. The van der Waals surface area contributed by atoms with Crippen LogP contribution in [0.1, 0.15) is 78.6 Å². The number of nitrogens with one attached hydrogen (secondary N) is 2. The number of amides is 1. The summed E-state index contributed by atoms with van der Waals surface area (Å²) in [6, 6.07) is 3.93. The van der Waals surface area contributed by atoms with E-state index in [-0.39, 0.29) is 36.3 Å². The van der Waals surface area contributed by atoms with E-state index in [4.69, 9.17) is 4.42 Å². The van der Waals surface area contributed by atoms with Gasteiger partial charge >= 0.3 is 5.63 Å². The average molecular weight is 457 g/mol. The molecular weight excluding hydrogens is 427 g/mol. The molecule has 1 saturated carbocycles. The number of hydrogen-bond donors (Lipinski definition) is 2. The van der Waals surface area contributed by atoms with Crippen LogP contribution in [0.3, 0.4) is 0 Å². The topological polar surface area (TPSA) is 89.2 Å². The van der Waals surface area contributed by atoms with Gasteiger partial charge in [-0.25, -0.2) is 9.48 Å². The van der Waals surface area contributed by atoms with Crippen LogP contribution in [0.15, 0.2) is 27.5 Å². The van der Waals surface area contributed by atoms with E-state index in [0.717, 1.165) is 38.8 Å². The van der Waals surface area contributed by atoms with Crippen LogP contribution in [-0.4, -0.2) is 28.8 Å². The lowest BCUT2D eigenvalue weighted by atomic mass is 9.95. The van der Waals surface area contributed by atoms with Crippen LogP contribution < -0.4 is 16.3 Å². The van der Waals surface area contributed by atoms with Crippen molar-refractivity contribution < 1.29 is 9.21 Å². The summed E-state index contributed by atoms with van der Waals surface area (Å²) in [5.74, 6) is 1.05. The minimum absolute atomic E-state index is 0. The summed E-state index contributed by atoms with van der Waals surface area (Å²) >= 11 is 0. The number of aromatic nitrogens is 2. The molecule has 2 fully saturated rings. The summed E-state index contributed by atoms with van der Waals surface area (Å²) in [5.41, 5.74) is 0.156. The van der Waals surface area contributed by atoms with E-state index in [9.17, 15) is 9.59 Å². The molecule has 0 aromatic carbocycles. The van der Waals surface area contributed by atoms with Gasteiger partial charge in [-0.1, -0.05) is 19.3 Å². The van der Waals surface area contributed by atoms with E-state index in [1.165, 1.54) is 19.3 Å². The van der Waals surface area contributed by atoms with Gasteiger partial charge in [0.25, 0.3) is 5.91 Å². The Hall–Kier alpha value is -1.83. The molecule has 3 heterocycles. The second kappa shape index (κ2) is 11.0. The van der Waals surface area contributed by atoms with Gasteiger partial charge < -0.3 is 15.1 Å². The fourth-order valence-electron chi connectivity index (χ4n) is 4.41. The number of halogens is 2. The van der Waals surface area contributed by atoms with E-state index in [1.807, 2.05) is 10.7 Å². The van der Waals surface area contributed by atoms with Gasteiger partial charge in [0.05, 0.1) is 12.2 Å². The molecule has 4 rings (SSSR count). The molecule has 2 aromatic heterocycles. The Bertz CT molecular complexity index is 900. The molecule has 9 heteroatoms. The lowest BCUT2D eigenvalue weighted by Crippen LogP contribution is -2.30. The highest BCUT2D eigenvalue weighted by Crippen LogP contribution is 2.30. The molecule has 2 aromatic rings. The van der Waals surface area contributed by atoms with Gasteiger partial charge in [0, 0.05) is 18.5 Å². The second-order valence-electron chi connectivity index (χ2n) is 7.94. The van der Waals surface area contributed by atoms with Crippen molar-refractivity contribution >= 4 is 36.5 Å². The Morgan fingerprint density at radius 2 is 1.97 bits per heavy atom. The molecule has 1 saturated heterocycles. The van der Waals surface area contributed by atoms with Crippen LogP contribution in [0.25, 0.3) is 0 Å². The van der Waals surface area contributed by atoms with Crippen LogP contribution in [0, 0.1) is 6.92 Å². The van der Waals surface area contributed by atoms with Crippen LogP contribution >= 0.6 is 24.8 Å². The molecule has 30 heavy (non-hydrogen) atoms. The fourth-order valence-corrected chi connectivity index (χ4v) is 4.41. The number of aryl methyl sites for hydroxylation is 1. The van der Waals surface area contributed by atoms with Crippen LogP contribution in [0.2, 0.25) is 0 Å². The van der Waals surface area contributed by atoms with E-state index in [0.29, 0.717) is 23.2 Å². The fraction of sp³-hybridized carbons (Fsp3) is 0.571. The molecule has 166 valence electrons. The van der Waals surface area contributed by atoms with E-state index < -0.39 is 11.5 Å². The summed E-state index contributed by atoms with van der Waals surface area (Å²) in [6.07, 6.45) is 9.48. The quantitative estimate of drug-likeness (QED) is 0.718. The molecule has 0 radical (unpaired) electrons. The first kappa shape index (κ1) is 24.4. The summed E-state index contributed by atoms with van der Waals surface area (Å²) in [5, 5.41) is 10.6. The third kappa shape index (κ3) is 5.25. The van der Waals surface area contributed by atoms with Gasteiger partial charge in [0.2, 0.25) is 0 Å². The highest BCUT2D eigenvalue weighted by Gasteiger charge is 2.24. The van der Waals surface area contributed by atoms with Gasteiger partial charge in [-0.2, -0.15) is 5.10 Å². The standard InChI is InChI=1S/C21H28N4O3.2ClH/c1-14-12-17(15-6-5-10-22-13-15)28-21(27)19(14)20(26)24-18-9-11-23-25(18)16-7-3-2-4-8-16;;/h9,11-12,15-16,22H,2-8,10,13H2,1H3,(H,24,26);2*1H. The number of piperidine rings is 1. The third-order valence-corrected chi connectivity index (χ3v) is 5.93. The second-order valence-corrected chi connectivity index (χ2v) is 7.94. The van der Waals surface area contributed by atoms with Crippen molar-refractivity contribution in [3.8, 4) is 0 Å². The Morgan fingerprint density at radius 3 is 2.63 bits per heavy atom. The molecule has 1 unspecified atom stereocenters. The average Bonchev–Trinajstić information content (AvgIpc) is 3.17. The van der Waals surface area contributed by atoms with Gasteiger partial charge in [0.15, 0.2) is 0 Å². The Balaban J connectivity index is 0.00000160. The van der Waals surface area contributed by atoms with Gasteiger partial charge in [-0.05, 0) is 50.8 Å². The van der Waals surface area contributed by atoms with Crippen molar-refractivity contribution in [1.82, 2.24) is 15.1 Å². The molecule has 1 amide bonds. The van der Waals surface area contributed by atoms with Gasteiger partial charge in [-0.3, -0.25) is 4.79 Å². The minimum atomic E-state index is -0.568. The smallest absolute Gasteiger partial charge is 0.349 e. The first-order valence-corrected chi connectivity index (χ1v) is 10.3. The summed E-state index contributed by atoms with van der Waals surface area (Å²) in [7, 11) is 0. The van der Waals surface area contributed by atoms with Crippen LogP contribution in [-0.2, 0) is 0 Å². The minimum Gasteiger partial charge on any atom is -0.427 e. The van der Waals surface area contributed by atoms with E-state index in [2.05, 4.69) is 15.7 Å². The SMILES string of the molecule is Cc1cc(C2CCCNC2)oc(=O)c1C(=O)Nc1ccnn1C1CCCCC1.Cl.Cl. The predicted molar refractivity (Wildman–Crippen MR) is 121 cm³/mol. The number of carbonyl (C=O) groups excluding carboxylic acids is 1. The summed E-state index contributed by atoms with van der Waals surface area (Å²) in [4.78, 5) is 25.4. The molecule has 0 bridgehead atoms. The zero-order valence-corrected chi connectivity index (χ0v) is 18.8. The third-order valence-electron chi connectivity index (χ3n) is 5.93. The molecular formula is C21H30Cl2N4O3. The Kier molecular flexibility index (Phi) is 8.94. The zero-order valence-electron chi connectivity index (χ0n) is 17.2. The monoisotopic (exact) mass is 456 g/mol. The lowest BCUT2D eigenvalue weighted by Gasteiger charge is -2.24. The Morgan fingerprint density at radius 1 is 1.20 bits per heavy atom. The Labute approximate surface area is 188 Å². The molecule has 2 aliphatic rings. The van der Waals surface area contributed by atoms with Crippen molar-refractivity contribution in [3.05, 3.63) is 45.6 Å². The molecule has 1 atom stereocenters. The number of carbonyl (C=O) groups is 1. The number of anilines is 1. The predicted octanol–water partition coefficient (Wildman–Crippen LogP) is 4.21. The first-order chi connectivity index (χ1) is 13.6. The maximum atomic E-state index is 12.9. The largest absolute Gasteiger partial charge is 0.427 e. The highest BCUT2D eigenvalue weighted by atomic mass is 35.5. The van der Waals surface area contributed by atoms with Crippen molar-refractivity contribution in [2.45, 2.75) is 63.8 Å². The summed E-state index contributed by atoms with van der Waals surface area (Å²) < 4.78 is 7.42. The van der Waals surface area contributed by atoms with Gasteiger partial charge in [-0.15, -0.1) is 24.8 Å². The molecule has 1 aliphatic heterocycles. The van der Waals surface area contributed by atoms with Crippen molar-refractivity contribution in [2.24, 2.45) is 0 Å². The highest BCUT2D eigenvalue weighted by molar-refractivity contribution is 6.04. The molecule has 1 aliphatic carbocycles. The number of nitrogens with zero attached hydrogens (tertiary/aromatic N) is 2. The molecule has 2 N–H and O–H groups in total. The number of hydrogen-bond acceptors (Lipinski definition) is 5. The normalized spacial score (nSPS) is 19.4. The molecule has 0 spiro atoms. The maximum Gasteiger partial charge on any atom is 0.349 e. The van der Waals surface area contributed by atoms with Crippen molar-refractivity contribution in [3.63, 3.8) is 0 Å². The zero-order chi connectivity index (χ0) is 19.5. The first-order valence-electron chi connectivity index (χ1n) is 10.3. The van der Waals surface area contributed by atoms with Crippen molar-refractivity contribution in [1.29, 1.82) is 0 Å². The van der Waals surface area contributed by atoms with Crippen LogP contribution in [0.5, 0.6) is 0 Å². The van der Waals surface area contributed by atoms with Crippen LogP contribution in [0.4, 0.5) is 5.82 Å². The lowest BCUT2D eigenvalue weighted by molar-refractivity contribution is 0.102. The maximum absolute atomic E-state index is 12.9. The van der Waals surface area contributed by atoms with Gasteiger partial charge in [0.1, 0.15) is 17.1 Å².